The SMILES string of the molecule is CCC(CC)CNC(=O)c1ccccc1C#CCN. The highest BCUT2D eigenvalue weighted by molar-refractivity contribution is 5.96. The van der Waals surface area contributed by atoms with Crippen molar-refractivity contribution >= 4 is 5.91 Å². The summed E-state index contributed by atoms with van der Waals surface area (Å²) in [6, 6.07) is 7.36. The first-order chi connectivity index (χ1) is 9.22. The number of hydrogen-bond acceptors (Lipinski definition) is 2. The van der Waals surface area contributed by atoms with Gasteiger partial charge >= 0.3 is 0 Å². The number of benzene rings is 1. The highest BCUT2D eigenvalue weighted by Crippen LogP contribution is 2.09. The Kier molecular flexibility index (Phi) is 6.70. The van der Waals surface area contributed by atoms with Gasteiger partial charge in [0.05, 0.1) is 12.1 Å². The zero-order chi connectivity index (χ0) is 14.1. The van der Waals surface area contributed by atoms with Gasteiger partial charge in [-0.3, -0.25) is 4.79 Å². The Morgan fingerprint density at radius 1 is 1.32 bits per heavy atom. The summed E-state index contributed by atoms with van der Waals surface area (Å²) in [6.45, 7) is 5.29. The minimum atomic E-state index is -0.0613. The van der Waals surface area contributed by atoms with E-state index in [4.69, 9.17) is 5.73 Å². The van der Waals surface area contributed by atoms with E-state index >= 15 is 0 Å². The zero-order valence-corrected chi connectivity index (χ0v) is 11.7. The van der Waals surface area contributed by atoms with Crippen LogP contribution in [0.15, 0.2) is 24.3 Å². The molecule has 0 heterocycles. The standard InChI is InChI=1S/C16H22N2O/c1-3-13(4-2)12-18-16(19)15-10-6-5-8-14(15)9-7-11-17/h5-6,8,10,13H,3-4,11-12,17H2,1-2H3,(H,18,19). The minimum Gasteiger partial charge on any atom is -0.352 e. The van der Waals surface area contributed by atoms with Crippen molar-refractivity contribution in [1.82, 2.24) is 5.32 Å². The van der Waals surface area contributed by atoms with Crippen LogP contribution < -0.4 is 11.1 Å². The molecule has 19 heavy (non-hydrogen) atoms. The van der Waals surface area contributed by atoms with Crippen LogP contribution in [0.25, 0.3) is 0 Å². The Labute approximate surface area is 115 Å². The summed E-state index contributed by atoms with van der Waals surface area (Å²) in [5, 5.41) is 2.98. The highest BCUT2D eigenvalue weighted by Gasteiger charge is 2.11. The minimum absolute atomic E-state index is 0.0613. The maximum absolute atomic E-state index is 12.2. The van der Waals surface area contributed by atoms with E-state index in [1.165, 1.54) is 0 Å². The second-order valence-electron chi connectivity index (χ2n) is 4.44. The summed E-state index contributed by atoms with van der Waals surface area (Å²) in [5.74, 6) is 6.19. The van der Waals surface area contributed by atoms with Crippen molar-refractivity contribution in [1.29, 1.82) is 0 Å². The molecule has 0 fully saturated rings. The molecule has 1 amide bonds. The second-order valence-corrected chi connectivity index (χ2v) is 4.44. The van der Waals surface area contributed by atoms with E-state index in [1.54, 1.807) is 6.07 Å². The molecule has 0 saturated heterocycles. The first-order valence-electron chi connectivity index (χ1n) is 6.79. The number of amides is 1. The summed E-state index contributed by atoms with van der Waals surface area (Å²) < 4.78 is 0. The number of nitrogens with one attached hydrogen (secondary N) is 1. The molecule has 0 aliphatic heterocycles. The smallest absolute Gasteiger partial charge is 0.252 e. The van der Waals surface area contributed by atoms with E-state index in [1.807, 2.05) is 18.2 Å². The molecule has 0 unspecified atom stereocenters. The van der Waals surface area contributed by atoms with E-state index < -0.39 is 0 Å². The van der Waals surface area contributed by atoms with E-state index in [2.05, 4.69) is 31.0 Å². The average molecular weight is 258 g/mol. The van der Waals surface area contributed by atoms with Crippen molar-refractivity contribution in [3.63, 3.8) is 0 Å². The van der Waals surface area contributed by atoms with Crippen molar-refractivity contribution in [3.05, 3.63) is 35.4 Å². The lowest BCUT2D eigenvalue weighted by molar-refractivity contribution is 0.0946. The fraction of sp³-hybridized carbons (Fsp3) is 0.438. The van der Waals surface area contributed by atoms with Crippen LogP contribution in [0.5, 0.6) is 0 Å². The van der Waals surface area contributed by atoms with Crippen LogP contribution in [0.1, 0.15) is 42.6 Å². The van der Waals surface area contributed by atoms with Gasteiger partial charge in [-0.05, 0) is 18.1 Å². The maximum Gasteiger partial charge on any atom is 0.252 e. The monoisotopic (exact) mass is 258 g/mol. The molecule has 0 aliphatic rings. The molecule has 1 aromatic rings. The fourth-order valence-corrected chi connectivity index (χ4v) is 1.85. The van der Waals surface area contributed by atoms with Crippen molar-refractivity contribution in [2.24, 2.45) is 11.7 Å². The first kappa shape index (κ1) is 15.3. The number of carbonyl (C=O) groups is 1. The topological polar surface area (TPSA) is 55.1 Å². The Hall–Kier alpha value is -1.79. The van der Waals surface area contributed by atoms with Gasteiger partial charge in [-0.2, -0.15) is 0 Å². The van der Waals surface area contributed by atoms with Crippen molar-refractivity contribution < 1.29 is 4.79 Å². The lowest BCUT2D eigenvalue weighted by atomic mass is 10.0. The molecule has 0 saturated carbocycles. The van der Waals surface area contributed by atoms with E-state index in [0.29, 0.717) is 24.6 Å². The van der Waals surface area contributed by atoms with Crippen molar-refractivity contribution in [2.75, 3.05) is 13.1 Å². The van der Waals surface area contributed by atoms with E-state index in [-0.39, 0.29) is 5.91 Å². The summed E-state index contributed by atoms with van der Waals surface area (Å²) in [7, 11) is 0. The molecule has 3 N–H and O–H groups in total. The van der Waals surface area contributed by atoms with Gasteiger partial charge in [0.1, 0.15) is 0 Å². The van der Waals surface area contributed by atoms with Crippen molar-refractivity contribution in [3.8, 4) is 11.8 Å². The molecular formula is C16H22N2O. The Bertz CT molecular complexity index is 467. The Morgan fingerprint density at radius 3 is 2.63 bits per heavy atom. The van der Waals surface area contributed by atoms with Gasteiger partial charge in [0.2, 0.25) is 0 Å². The predicted octanol–water partition coefficient (Wildman–Crippen LogP) is 2.16. The fourth-order valence-electron chi connectivity index (χ4n) is 1.85. The molecule has 3 nitrogen and oxygen atoms in total. The molecule has 1 aromatic carbocycles. The molecule has 0 bridgehead atoms. The quantitative estimate of drug-likeness (QED) is 0.795. The maximum atomic E-state index is 12.2. The summed E-state index contributed by atoms with van der Waals surface area (Å²) >= 11 is 0. The van der Waals surface area contributed by atoms with Gasteiger partial charge in [-0.25, -0.2) is 0 Å². The number of hydrogen-bond donors (Lipinski definition) is 2. The average Bonchev–Trinajstić information content (AvgIpc) is 2.46. The van der Waals surface area contributed by atoms with Crippen LogP contribution in [0.3, 0.4) is 0 Å². The molecule has 3 heteroatoms. The molecule has 0 atom stereocenters. The van der Waals surface area contributed by atoms with Crippen LogP contribution in [-0.2, 0) is 0 Å². The van der Waals surface area contributed by atoms with Crippen molar-refractivity contribution in [2.45, 2.75) is 26.7 Å². The first-order valence-corrected chi connectivity index (χ1v) is 6.79. The van der Waals surface area contributed by atoms with Gasteiger partial charge < -0.3 is 11.1 Å². The third-order valence-electron chi connectivity index (χ3n) is 3.20. The van der Waals surface area contributed by atoms with Gasteiger partial charge in [-0.1, -0.05) is 50.7 Å². The molecule has 0 spiro atoms. The van der Waals surface area contributed by atoms with Gasteiger partial charge in [0.25, 0.3) is 5.91 Å². The number of rotatable bonds is 5. The number of nitrogens with two attached hydrogens (primary N) is 1. The molecule has 1 rings (SSSR count). The van der Waals surface area contributed by atoms with Crippen LogP contribution in [0.4, 0.5) is 0 Å². The summed E-state index contributed by atoms with van der Waals surface area (Å²) in [5.41, 5.74) is 6.71. The van der Waals surface area contributed by atoms with Crippen LogP contribution in [0.2, 0.25) is 0 Å². The lowest BCUT2D eigenvalue weighted by Crippen LogP contribution is -2.29. The largest absolute Gasteiger partial charge is 0.352 e. The molecule has 102 valence electrons. The third kappa shape index (κ3) is 4.76. The van der Waals surface area contributed by atoms with Crippen LogP contribution >= 0.6 is 0 Å². The molecule has 0 aromatic heterocycles. The summed E-state index contributed by atoms with van der Waals surface area (Å²) in [4.78, 5) is 12.2. The Balaban J connectivity index is 2.76. The van der Waals surface area contributed by atoms with Gasteiger partial charge in [0, 0.05) is 12.1 Å². The molecular weight excluding hydrogens is 236 g/mol. The van der Waals surface area contributed by atoms with Crippen LogP contribution in [0, 0.1) is 17.8 Å². The molecule has 0 aliphatic carbocycles. The van der Waals surface area contributed by atoms with Gasteiger partial charge in [0.15, 0.2) is 0 Å². The Morgan fingerprint density at radius 2 is 2.00 bits per heavy atom. The van der Waals surface area contributed by atoms with E-state index in [9.17, 15) is 4.79 Å². The molecule has 0 radical (unpaired) electrons. The van der Waals surface area contributed by atoms with E-state index in [0.717, 1.165) is 18.4 Å². The van der Waals surface area contributed by atoms with Crippen LogP contribution in [-0.4, -0.2) is 19.0 Å². The normalized spacial score (nSPS) is 9.89. The second kappa shape index (κ2) is 8.34. The van der Waals surface area contributed by atoms with Gasteiger partial charge in [-0.15, -0.1) is 0 Å². The predicted molar refractivity (Wildman–Crippen MR) is 78.8 cm³/mol. The summed E-state index contributed by atoms with van der Waals surface area (Å²) in [6.07, 6.45) is 2.15. The lowest BCUT2D eigenvalue weighted by Gasteiger charge is -2.13. The zero-order valence-electron chi connectivity index (χ0n) is 11.7. The third-order valence-corrected chi connectivity index (χ3v) is 3.20. The highest BCUT2D eigenvalue weighted by atomic mass is 16.1. The number of carbonyl (C=O) groups excluding carboxylic acids is 1.